The Morgan fingerprint density at radius 3 is 2.48 bits per heavy atom. The first kappa shape index (κ1) is 17.3. The molecule has 2 aromatic carbocycles. The first-order chi connectivity index (χ1) is 12.0. The van der Waals surface area contributed by atoms with Gasteiger partial charge in [-0.25, -0.2) is 0 Å². The van der Waals surface area contributed by atoms with E-state index in [0.717, 1.165) is 11.9 Å². The molecule has 0 aliphatic carbocycles. The molecule has 1 heterocycles. The van der Waals surface area contributed by atoms with Crippen LogP contribution in [0, 0.1) is 6.92 Å². The summed E-state index contributed by atoms with van der Waals surface area (Å²) in [7, 11) is 0. The van der Waals surface area contributed by atoms with E-state index in [9.17, 15) is 4.79 Å². The van der Waals surface area contributed by atoms with E-state index < -0.39 is 0 Å². The molecule has 3 aromatic rings. The Morgan fingerprint density at radius 2 is 1.72 bits per heavy atom. The van der Waals surface area contributed by atoms with E-state index in [1.807, 2.05) is 24.3 Å². The van der Waals surface area contributed by atoms with Crippen LogP contribution in [0.15, 0.2) is 54.6 Å². The number of aryl methyl sites for hydroxylation is 2. The van der Waals surface area contributed by atoms with Gasteiger partial charge >= 0.3 is 0 Å². The Hall–Kier alpha value is -2.55. The molecule has 0 aliphatic heterocycles. The number of benzene rings is 2. The smallest absolute Gasteiger partial charge is 0.220 e. The fourth-order valence-electron chi connectivity index (χ4n) is 3.55. The van der Waals surface area contributed by atoms with Gasteiger partial charge < -0.3 is 10.3 Å². The van der Waals surface area contributed by atoms with E-state index in [0.29, 0.717) is 13.0 Å². The highest BCUT2D eigenvalue weighted by Gasteiger charge is 2.26. The number of fused-ring (bicyclic) bond motifs is 1. The molecule has 0 fully saturated rings. The van der Waals surface area contributed by atoms with Crippen LogP contribution in [0.4, 0.5) is 0 Å². The Labute approximate surface area is 149 Å². The third kappa shape index (κ3) is 3.93. The minimum absolute atomic E-state index is 0.106. The van der Waals surface area contributed by atoms with Gasteiger partial charge in [0.05, 0.1) is 0 Å². The van der Waals surface area contributed by atoms with Crippen LogP contribution in [-0.4, -0.2) is 17.4 Å². The van der Waals surface area contributed by atoms with Crippen molar-refractivity contribution in [3.8, 4) is 0 Å². The van der Waals surface area contributed by atoms with E-state index in [4.69, 9.17) is 0 Å². The van der Waals surface area contributed by atoms with Gasteiger partial charge in [0.1, 0.15) is 0 Å². The normalized spacial score (nSPS) is 11.6. The number of carbonyl (C=O) groups is 1. The summed E-state index contributed by atoms with van der Waals surface area (Å²) in [5, 5.41) is 4.36. The molecule has 0 unspecified atom stereocenters. The molecule has 0 radical (unpaired) electrons. The SMILES string of the molecule is Cc1[nH]c2ccccc2c1C(C)(C)CNC(=O)CCc1ccccc1. The van der Waals surface area contributed by atoms with Crippen molar-refractivity contribution >= 4 is 16.8 Å². The summed E-state index contributed by atoms with van der Waals surface area (Å²) in [6.45, 7) is 7.11. The van der Waals surface area contributed by atoms with Crippen LogP contribution in [0.3, 0.4) is 0 Å². The van der Waals surface area contributed by atoms with Gasteiger partial charge in [0.2, 0.25) is 5.91 Å². The van der Waals surface area contributed by atoms with E-state index in [-0.39, 0.29) is 11.3 Å². The average molecular weight is 334 g/mol. The number of carbonyl (C=O) groups excluding carboxylic acids is 1. The number of amides is 1. The summed E-state index contributed by atoms with van der Waals surface area (Å²) in [6, 6.07) is 18.5. The summed E-state index contributed by atoms with van der Waals surface area (Å²) in [5.41, 5.74) is 4.67. The predicted octanol–water partition coefficient (Wildman–Crippen LogP) is 4.50. The Morgan fingerprint density at radius 1 is 1.04 bits per heavy atom. The lowest BCUT2D eigenvalue weighted by Gasteiger charge is -2.26. The van der Waals surface area contributed by atoms with Crippen LogP contribution < -0.4 is 5.32 Å². The Bertz CT molecular complexity index is 862. The lowest BCUT2D eigenvalue weighted by molar-refractivity contribution is -0.121. The van der Waals surface area contributed by atoms with Gasteiger partial charge in [0.25, 0.3) is 0 Å². The van der Waals surface area contributed by atoms with Crippen LogP contribution in [-0.2, 0) is 16.6 Å². The van der Waals surface area contributed by atoms with E-state index in [1.165, 1.54) is 22.2 Å². The van der Waals surface area contributed by atoms with Crippen molar-refractivity contribution < 1.29 is 4.79 Å². The molecule has 1 amide bonds. The van der Waals surface area contributed by atoms with Gasteiger partial charge in [-0.05, 0) is 30.5 Å². The van der Waals surface area contributed by atoms with Crippen molar-refractivity contribution in [2.24, 2.45) is 0 Å². The molecule has 0 bridgehead atoms. The fraction of sp³-hybridized carbons (Fsp3) is 0.318. The number of aromatic amines is 1. The number of nitrogens with one attached hydrogen (secondary N) is 2. The molecule has 2 N–H and O–H groups in total. The highest BCUT2D eigenvalue weighted by molar-refractivity contribution is 5.86. The maximum absolute atomic E-state index is 12.3. The first-order valence-corrected chi connectivity index (χ1v) is 8.86. The molecule has 0 aliphatic rings. The number of hydrogen-bond acceptors (Lipinski definition) is 1. The van der Waals surface area contributed by atoms with Crippen molar-refractivity contribution in [2.45, 2.75) is 39.0 Å². The molecule has 130 valence electrons. The Kier molecular flexibility index (Phi) is 4.93. The quantitative estimate of drug-likeness (QED) is 0.685. The highest BCUT2D eigenvalue weighted by atomic mass is 16.1. The molecule has 3 heteroatoms. The minimum Gasteiger partial charge on any atom is -0.358 e. The van der Waals surface area contributed by atoms with Crippen LogP contribution >= 0.6 is 0 Å². The molecule has 3 rings (SSSR count). The van der Waals surface area contributed by atoms with Crippen molar-refractivity contribution in [3.05, 3.63) is 71.4 Å². The van der Waals surface area contributed by atoms with Gasteiger partial charge in [-0.3, -0.25) is 4.79 Å². The van der Waals surface area contributed by atoms with Crippen molar-refractivity contribution in [3.63, 3.8) is 0 Å². The second-order valence-electron chi connectivity index (χ2n) is 7.32. The Balaban J connectivity index is 1.65. The van der Waals surface area contributed by atoms with Crippen molar-refractivity contribution in [1.82, 2.24) is 10.3 Å². The lowest BCUT2D eigenvalue weighted by Crippen LogP contribution is -2.37. The number of H-pyrrole nitrogens is 1. The number of aromatic nitrogens is 1. The second-order valence-corrected chi connectivity index (χ2v) is 7.32. The second kappa shape index (κ2) is 7.14. The number of para-hydroxylation sites is 1. The van der Waals surface area contributed by atoms with Gasteiger partial charge in [0, 0.05) is 35.0 Å². The molecular formula is C22H26N2O. The highest BCUT2D eigenvalue weighted by Crippen LogP contribution is 2.32. The predicted molar refractivity (Wildman–Crippen MR) is 104 cm³/mol. The van der Waals surface area contributed by atoms with Crippen LogP contribution in [0.1, 0.15) is 37.1 Å². The van der Waals surface area contributed by atoms with Gasteiger partial charge in [-0.2, -0.15) is 0 Å². The summed E-state index contributed by atoms with van der Waals surface area (Å²) in [5.74, 6) is 0.106. The van der Waals surface area contributed by atoms with Crippen molar-refractivity contribution in [1.29, 1.82) is 0 Å². The molecule has 0 spiro atoms. The summed E-state index contributed by atoms with van der Waals surface area (Å²) in [4.78, 5) is 15.7. The topological polar surface area (TPSA) is 44.9 Å². The zero-order chi connectivity index (χ0) is 17.9. The summed E-state index contributed by atoms with van der Waals surface area (Å²) < 4.78 is 0. The monoisotopic (exact) mass is 334 g/mol. The number of hydrogen-bond donors (Lipinski definition) is 2. The standard InChI is InChI=1S/C22H26N2O/c1-16-21(18-11-7-8-12-19(18)24-16)22(2,3)15-23-20(25)14-13-17-9-5-4-6-10-17/h4-12,24H,13-15H2,1-3H3,(H,23,25). The van der Waals surface area contributed by atoms with E-state index in [2.05, 4.69) is 61.4 Å². The summed E-state index contributed by atoms with van der Waals surface area (Å²) >= 11 is 0. The zero-order valence-corrected chi connectivity index (χ0v) is 15.2. The number of rotatable bonds is 6. The zero-order valence-electron chi connectivity index (χ0n) is 15.2. The molecule has 0 saturated heterocycles. The average Bonchev–Trinajstić information content (AvgIpc) is 2.95. The molecule has 0 atom stereocenters. The van der Waals surface area contributed by atoms with Gasteiger partial charge in [-0.1, -0.05) is 62.4 Å². The molecule has 0 saturated carbocycles. The van der Waals surface area contributed by atoms with Crippen LogP contribution in [0.5, 0.6) is 0 Å². The third-order valence-corrected chi connectivity index (χ3v) is 4.78. The van der Waals surface area contributed by atoms with Gasteiger partial charge in [0.15, 0.2) is 0 Å². The third-order valence-electron chi connectivity index (χ3n) is 4.78. The first-order valence-electron chi connectivity index (χ1n) is 8.86. The van der Waals surface area contributed by atoms with E-state index in [1.54, 1.807) is 0 Å². The minimum atomic E-state index is -0.133. The molecule has 25 heavy (non-hydrogen) atoms. The van der Waals surface area contributed by atoms with Gasteiger partial charge in [-0.15, -0.1) is 0 Å². The maximum atomic E-state index is 12.3. The van der Waals surface area contributed by atoms with Crippen molar-refractivity contribution in [2.75, 3.05) is 6.54 Å². The molecule has 3 nitrogen and oxygen atoms in total. The molecule has 1 aromatic heterocycles. The van der Waals surface area contributed by atoms with Crippen LogP contribution in [0.2, 0.25) is 0 Å². The molecular weight excluding hydrogens is 308 g/mol. The van der Waals surface area contributed by atoms with Crippen LogP contribution in [0.25, 0.3) is 10.9 Å². The largest absolute Gasteiger partial charge is 0.358 e. The maximum Gasteiger partial charge on any atom is 0.220 e. The summed E-state index contributed by atoms with van der Waals surface area (Å²) in [6.07, 6.45) is 1.30. The van der Waals surface area contributed by atoms with E-state index >= 15 is 0 Å². The fourth-order valence-corrected chi connectivity index (χ4v) is 3.55. The lowest BCUT2D eigenvalue weighted by atomic mass is 9.82.